The molecule has 86 valence electrons. The van der Waals surface area contributed by atoms with E-state index in [4.69, 9.17) is 0 Å². The molecular formula is C12H21NO2. The molecule has 0 aromatic heterocycles. The molecule has 0 spiro atoms. The number of hydrogen-bond donors (Lipinski definition) is 1. The molecule has 15 heavy (non-hydrogen) atoms. The SMILES string of the molecule is O=C1CCCCCC1N1CCCC1CO. The summed E-state index contributed by atoms with van der Waals surface area (Å²) in [5.41, 5.74) is 0. The predicted octanol–water partition coefficient (Wildman–Crippen LogP) is 1.34. The van der Waals surface area contributed by atoms with Gasteiger partial charge in [-0.2, -0.15) is 0 Å². The number of aliphatic hydroxyl groups is 1. The summed E-state index contributed by atoms with van der Waals surface area (Å²) in [5, 5.41) is 9.27. The van der Waals surface area contributed by atoms with Crippen molar-refractivity contribution in [2.75, 3.05) is 13.2 Å². The van der Waals surface area contributed by atoms with Crippen molar-refractivity contribution in [1.29, 1.82) is 0 Å². The molecule has 0 bridgehead atoms. The lowest BCUT2D eigenvalue weighted by molar-refractivity contribution is -0.124. The summed E-state index contributed by atoms with van der Waals surface area (Å²) in [5.74, 6) is 0.410. The van der Waals surface area contributed by atoms with E-state index in [1.54, 1.807) is 0 Å². The van der Waals surface area contributed by atoms with Crippen LogP contribution in [0.25, 0.3) is 0 Å². The van der Waals surface area contributed by atoms with Crippen LogP contribution in [-0.2, 0) is 4.79 Å². The maximum Gasteiger partial charge on any atom is 0.149 e. The van der Waals surface area contributed by atoms with Gasteiger partial charge >= 0.3 is 0 Å². The summed E-state index contributed by atoms with van der Waals surface area (Å²) in [6.07, 6.45) is 7.38. The molecule has 2 aliphatic rings. The van der Waals surface area contributed by atoms with Crippen LogP contribution in [0.1, 0.15) is 44.9 Å². The maximum atomic E-state index is 11.9. The lowest BCUT2D eigenvalue weighted by Gasteiger charge is -2.30. The fraction of sp³-hybridized carbons (Fsp3) is 0.917. The Kier molecular flexibility index (Phi) is 3.76. The first-order valence-electron chi connectivity index (χ1n) is 6.22. The van der Waals surface area contributed by atoms with Crippen LogP contribution in [0.2, 0.25) is 0 Å². The summed E-state index contributed by atoms with van der Waals surface area (Å²) in [4.78, 5) is 14.2. The van der Waals surface area contributed by atoms with Crippen LogP contribution in [0.4, 0.5) is 0 Å². The van der Waals surface area contributed by atoms with Crippen LogP contribution in [0.3, 0.4) is 0 Å². The minimum absolute atomic E-state index is 0.118. The average molecular weight is 211 g/mol. The van der Waals surface area contributed by atoms with Crippen LogP contribution in [0.15, 0.2) is 0 Å². The van der Waals surface area contributed by atoms with Crippen LogP contribution in [0.5, 0.6) is 0 Å². The van der Waals surface area contributed by atoms with E-state index in [1.807, 2.05) is 0 Å². The summed E-state index contributed by atoms with van der Waals surface area (Å²) in [6.45, 7) is 1.21. The second kappa shape index (κ2) is 5.08. The van der Waals surface area contributed by atoms with Gasteiger partial charge in [0.25, 0.3) is 0 Å². The second-order valence-corrected chi connectivity index (χ2v) is 4.80. The van der Waals surface area contributed by atoms with Crippen molar-refractivity contribution in [2.45, 2.75) is 57.0 Å². The van der Waals surface area contributed by atoms with Crippen LogP contribution >= 0.6 is 0 Å². The highest BCUT2D eigenvalue weighted by Gasteiger charge is 2.34. The number of rotatable bonds is 2. The average Bonchev–Trinajstić information content (AvgIpc) is 2.61. The smallest absolute Gasteiger partial charge is 0.149 e. The first-order valence-corrected chi connectivity index (χ1v) is 6.22. The lowest BCUT2D eigenvalue weighted by Crippen LogP contribution is -2.45. The van der Waals surface area contributed by atoms with Crippen molar-refractivity contribution in [2.24, 2.45) is 0 Å². The van der Waals surface area contributed by atoms with Gasteiger partial charge in [0.05, 0.1) is 12.6 Å². The molecule has 0 aromatic carbocycles. The number of aliphatic hydroxyl groups excluding tert-OH is 1. The molecule has 0 amide bonds. The lowest BCUT2D eigenvalue weighted by atomic mass is 10.0. The number of ketones is 1. The first kappa shape index (κ1) is 11.1. The molecular weight excluding hydrogens is 190 g/mol. The molecule has 1 aliphatic heterocycles. The molecule has 1 heterocycles. The van der Waals surface area contributed by atoms with Gasteiger partial charge in [-0.3, -0.25) is 9.69 Å². The highest BCUT2D eigenvalue weighted by atomic mass is 16.3. The molecule has 2 rings (SSSR count). The third-order valence-electron chi connectivity index (χ3n) is 3.81. The van der Waals surface area contributed by atoms with Crippen molar-refractivity contribution in [3.63, 3.8) is 0 Å². The van der Waals surface area contributed by atoms with Crippen molar-refractivity contribution in [3.8, 4) is 0 Å². The van der Waals surface area contributed by atoms with Gasteiger partial charge in [-0.25, -0.2) is 0 Å². The van der Waals surface area contributed by atoms with Crippen molar-refractivity contribution < 1.29 is 9.90 Å². The zero-order chi connectivity index (χ0) is 10.7. The van der Waals surface area contributed by atoms with Gasteiger partial charge in [-0.15, -0.1) is 0 Å². The highest BCUT2D eigenvalue weighted by molar-refractivity contribution is 5.84. The monoisotopic (exact) mass is 211 g/mol. The molecule has 2 fully saturated rings. The number of Topliss-reactive ketones (excluding diaryl/α,β-unsaturated/α-hetero) is 1. The van der Waals surface area contributed by atoms with E-state index in [-0.39, 0.29) is 18.7 Å². The van der Waals surface area contributed by atoms with Crippen LogP contribution < -0.4 is 0 Å². The Bertz CT molecular complexity index is 230. The van der Waals surface area contributed by atoms with E-state index in [2.05, 4.69) is 4.90 Å². The quantitative estimate of drug-likeness (QED) is 0.701. The maximum absolute atomic E-state index is 11.9. The number of nitrogens with zero attached hydrogens (tertiary/aromatic N) is 1. The van der Waals surface area contributed by atoms with Gasteiger partial charge in [0, 0.05) is 12.5 Å². The molecule has 1 N–H and O–H groups in total. The molecule has 1 saturated carbocycles. The van der Waals surface area contributed by atoms with Gasteiger partial charge in [0.2, 0.25) is 0 Å². The van der Waals surface area contributed by atoms with Crippen molar-refractivity contribution in [3.05, 3.63) is 0 Å². The molecule has 2 unspecified atom stereocenters. The summed E-state index contributed by atoms with van der Waals surface area (Å²) in [6, 6.07) is 0.365. The fourth-order valence-corrected chi connectivity index (χ4v) is 2.96. The van der Waals surface area contributed by atoms with E-state index in [1.165, 1.54) is 12.8 Å². The van der Waals surface area contributed by atoms with Gasteiger partial charge in [0.1, 0.15) is 5.78 Å². The van der Waals surface area contributed by atoms with Crippen molar-refractivity contribution in [1.82, 2.24) is 4.90 Å². The Morgan fingerprint density at radius 2 is 2.07 bits per heavy atom. The Hall–Kier alpha value is -0.410. The summed E-state index contributed by atoms with van der Waals surface area (Å²) >= 11 is 0. The van der Waals surface area contributed by atoms with Crippen LogP contribution in [-0.4, -0.2) is 41.0 Å². The molecule has 0 aromatic rings. The molecule has 0 radical (unpaired) electrons. The van der Waals surface area contributed by atoms with Gasteiger partial charge in [-0.1, -0.05) is 12.8 Å². The zero-order valence-electron chi connectivity index (χ0n) is 9.32. The Balaban J connectivity index is 2.03. The predicted molar refractivity (Wildman–Crippen MR) is 58.7 cm³/mol. The van der Waals surface area contributed by atoms with Crippen molar-refractivity contribution >= 4 is 5.78 Å². The Morgan fingerprint density at radius 3 is 2.87 bits per heavy atom. The van der Waals surface area contributed by atoms with E-state index < -0.39 is 0 Å². The summed E-state index contributed by atoms with van der Waals surface area (Å²) in [7, 11) is 0. The van der Waals surface area contributed by atoms with E-state index >= 15 is 0 Å². The standard InChI is InChI=1S/C12H21NO2/c14-9-10-5-4-8-13(10)11-6-2-1-3-7-12(11)15/h10-11,14H,1-9H2. The van der Waals surface area contributed by atoms with E-state index in [9.17, 15) is 9.90 Å². The van der Waals surface area contributed by atoms with E-state index in [0.29, 0.717) is 5.78 Å². The second-order valence-electron chi connectivity index (χ2n) is 4.80. The van der Waals surface area contributed by atoms with Crippen LogP contribution in [0, 0.1) is 0 Å². The number of carbonyl (C=O) groups excluding carboxylic acids is 1. The Labute approximate surface area is 91.5 Å². The molecule has 2 atom stereocenters. The zero-order valence-corrected chi connectivity index (χ0v) is 9.32. The number of carbonyl (C=O) groups is 1. The number of hydrogen-bond acceptors (Lipinski definition) is 3. The molecule has 1 aliphatic carbocycles. The molecule has 3 heteroatoms. The Morgan fingerprint density at radius 1 is 1.20 bits per heavy atom. The van der Waals surface area contributed by atoms with Gasteiger partial charge < -0.3 is 5.11 Å². The van der Waals surface area contributed by atoms with Gasteiger partial charge in [-0.05, 0) is 32.2 Å². The van der Waals surface area contributed by atoms with E-state index in [0.717, 1.165) is 38.6 Å². The largest absolute Gasteiger partial charge is 0.395 e. The van der Waals surface area contributed by atoms with Gasteiger partial charge in [0.15, 0.2) is 0 Å². The third-order valence-corrected chi connectivity index (χ3v) is 3.81. The normalized spacial score (nSPS) is 34.3. The first-order chi connectivity index (χ1) is 7.33. The molecule has 1 saturated heterocycles. The molecule has 3 nitrogen and oxygen atoms in total. The fourth-order valence-electron chi connectivity index (χ4n) is 2.96. The number of likely N-dealkylation sites (tertiary alicyclic amines) is 1. The minimum atomic E-state index is 0.118. The highest BCUT2D eigenvalue weighted by Crippen LogP contribution is 2.26. The summed E-state index contributed by atoms with van der Waals surface area (Å²) < 4.78 is 0. The topological polar surface area (TPSA) is 40.5 Å². The minimum Gasteiger partial charge on any atom is -0.395 e. The third kappa shape index (κ3) is 2.40.